The number of nitrogens with one attached hydrogen (secondary N) is 1. The summed E-state index contributed by atoms with van der Waals surface area (Å²) in [5, 5.41) is 2.93. The van der Waals surface area contributed by atoms with Crippen molar-refractivity contribution in [2.75, 3.05) is 46.0 Å². The smallest absolute Gasteiger partial charge is 0.255 e. The molecule has 1 atom stereocenters. The number of hydrogen-bond acceptors (Lipinski definition) is 5. The van der Waals surface area contributed by atoms with Crippen LogP contribution in [-0.2, 0) is 0 Å². The molecule has 0 aromatic carbocycles. The van der Waals surface area contributed by atoms with Crippen LogP contribution in [0.4, 0.5) is 5.69 Å². The Morgan fingerprint density at radius 2 is 2.32 bits per heavy atom. The Morgan fingerprint density at radius 3 is 3.05 bits per heavy atom. The number of nitrogens with zero attached hydrogens (tertiary/aromatic N) is 3. The number of hydrogen-bond donors (Lipinski definition) is 2. The number of amides is 1. The molecule has 6 heteroatoms. The van der Waals surface area contributed by atoms with Gasteiger partial charge < -0.3 is 16.0 Å². The van der Waals surface area contributed by atoms with Gasteiger partial charge >= 0.3 is 0 Å². The van der Waals surface area contributed by atoms with Gasteiger partial charge in [-0.1, -0.05) is 0 Å². The molecule has 0 saturated carbocycles. The Kier molecular flexibility index (Phi) is 4.34. The standard InChI is InChI=1S/C13H21N5O/c1-17-5-6-18(2)10(9-17)7-16-13(19)11-8-15-4-3-12(11)14/h3-4,8,10H,5-7,9H2,1-2H3,(H2,14,15)(H,16,19). The maximum absolute atomic E-state index is 12.0. The third-order valence-electron chi connectivity index (χ3n) is 3.58. The monoisotopic (exact) mass is 263 g/mol. The van der Waals surface area contributed by atoms with Crippen molar-refractivity contribution in [2.24, 2.45) is 0 Å². The van der Waals surface area contributed by atoms with E-state index >= 15 is 0 Å². The second-order valence-corrected chi connectivity index (χ2v) is 5.07. The van der Waals surface area contributed by atoms with Crippen LogP contribution in [0.1, 0.15) is 10.4 Å². The first-order valence-electron chi connectivity index (χ1n) is 6.44. The molecule has 1 aromatic rings. The zero-order chi connectivity index (χ0) is 13.8. The predicted molar refractivity (Wildman–Crippen MR) is 74.9 cm³/mol. The number of aromatic nitrogens is 1. The van der Waals surface area contributed by atoms with Crippen molar-refractivity contribution in [1.82, 2.24) is 20.1 Å². The van der Waals surface area contributed by atoms with Gasteiger partial charge in [0.05, 0.1) is 5.56 Å². The van der Waals surface area contributed by atoms with E-state index in [4.69, 9.17) is 5.73 Å². The first-order chi connectivity index (χ1) is 9.08. The van der Waals surface area contributed by atoms with Crippen molar-refractivity contribution in [3.8, 4) is 0 Å². The van der Waals surface area contributed by atoms with E-state index in [1.54, 1.807) is 12.3 Å². The molecule has 1 unspecified atom stereocenters. The molecule has 0 spiro atoms. The summed E-state index contributed by atoms with van der Waals surface area (Å²) in [6.07, 6.45) is 3.08. The largest absolute Gasteiger partial charge is 0.398 e. The Bertz CT molecular complexity index is 450. The Balaban J connectivity index is 1.91. The highest BCUT2D eigenvalue weighted by Gasteiger charge is 2.22. The van der Waals surface area contributed by atoms with Gasteiger partial charge in [0.15, 0.2) is 0 Å². The molecule has 19 heavy (non-hydrogen) atoms. The van der Waals surface area contributed by atoms with E-state index in [2.05, 4.69) is 34.2 Å². The summed E-state index contributed by atoms with van der Waals surface area (Å²) < 4.78 is 0. The number of piperazine rings is 1. The summed E-state index contributed by atoms with van der Waals surface area (Å²) >= 11 is 0. The average molecular weight is 263 g/mol. The third kappa shape index (κ3) is 3.42. The van der Waals surface area contributed by atoms with Crippen molar-refractivity contribution in [3.05, 3.63) is 24.0 Å². The summed E-state index contributed by atoms with van der Waals surface area (Å²) in [6.45, 7) is 3.66. The fourth-order valence-corrected chi connectivity index (χ4v) is 2.22. The lowest BCUT2D eigenvalue weighted by molar-refractivity contribution is 0.0881. The summed E-state index contributed by atoms with van der Waals surface area (Å²) in [4.78, 5) is 20.5. The molecular weight excluding hydrogens is 242 g/mol. The van der Waals surface area contributed by atoms with Crippen molar-refractivity contribution >= 4 is 11.6 Å². The highest BCUT2D eigenvalue weighted by Crippen LogP contribution is 2.09. The average Bonchev–Trinajstić information content (AvgIpc) is 2.40. The van der Waals surface area contributed by atoms with Crippen molar-refractivity contribution in [3.63, 3.8) is 0 Å². The second kappa shape index (κ2) is 5.99. The maximum atomic E-state index is 12.0. The number of carbonyl (C=O) groups is 1. The summed E-state index contributed by atoms with van der Waals surface area (Å²) in [7, 11) is 4.18. The third-order valence-corrected chi connectivity index (χ3v) is 3.58. The van der Waals surface area contributed by atoms with Gasteiger partial charge in [0, 0.05) is 50.3 Å². The molecule has 1 saturated heterocycles. The number of nitrogen functional groups attached to an aromatic ring is 1. The van der Waals surface area contributed by atoms with E-state index < -0.39 is 0 Å². The fourth-order valence-electron chi connectivity index (χ4n) is 2.22. The molecule has 1 aliphatic rings. The molecule has 0 bridgehead atoms. The maximum Gasteiger partial charge on any atom is 0.255 e. The first-order valence-corrected chi connectivity index (χ1v) is 6.44. The molecule has 1 aromatic heterocycles. The van der Waals surface area contributed by atoms with Crippen LogP contribution in [0.15, 0.2) is 18.5 Å². The first kappa shape index (κ1) is 13.8. The molecular formula is C13H21N5O. The van der Waals surface area contributed by atoms with E-state index in [1.807, 2.05) is 0 Å². The van der Waals surface area contributed by atoms with Crippen LogP contribution in [0.25, 0.3) is 0 Å². The SMILES string of the molecule is CN1CCN(C)C(CNC(=O)c2cnccc2N)C1. The molecule has 2 heterocycles. The van der Waals surface area contributed by atoms with E-state index in [0.717, 1.165) is 19.6 Å². The predicted octanol–water partition coefficient (Wildman–Crippen LogP) is -0.361. The highest BCUT2D eigenvalue weighted by molar-refractivity contribution is 5.98. The number of anilines is 1. The lowest BCUT2D eigenvalue weighted by Crippen LogP contribution is -2.54. The van der Waals surface area contributed by atoms with Crippen molar-refractivity contribution < 1.29 is 4.79 Å². The van der Waals surface area contributed by atoms with Crippen LogP contribution in [0.2, 0.25) is 0 Å². The lowest BCUT2D eigenvalue weighted by Gasteiger charge is -2.37. The van der Waals surface area contributed by atoms with E-state index in [9.17, 15) is 4.79 Å². The van der Waals surface area contributed by atoms with Crippen molar-refractivity contribution in [2.45, 2.75) is 6.04 Å². The molecule has 104 valence electrons. The number of rotatable bonds is 3. The van der Waals surface area contributed by atoms with Gasteiger partial charge in [-0.2, -0.15) is 0 Å². The van der Waals surface area contributed by atoms with Crippen LogP contribution < -0.4 is 11.1 Å². The van der Waals surface area contributed by atoms with Crippen LogP contribution in [-0.4, -0.2) is 67.0 Å². The number of nitrogens with two attached hydrogens (primary N) is 1. The van der Waals surface area contributed by atoms with Gasteiger partial charge in [-0.3, -0.25) is 14.7 Å². The summed E-state index contributed by atoms with van der Waals surface area (Å²) in [6, 6.07) is 1.97. The lowest BCUT2D eigenvalue weighted by atomic mass is 10.1. The summed E-state index contributed by atoms with van der Waals surface area (Å²) in [5.74, 6) is -0.160. The molecule has 1 aliphatic heterocycles. The Morgan fingerprint density at radius 1 is 1.53 bits per heavy atom. The Hall–Kier alpha value is -1.66. The fraction of sp³-hybridized carbons (Fsp3) is 0.538. The number of carbonyl (C=O) groups excluding carboxylic acids is 1. The van der Waals surface area contributed by atoms with Gasteiger partial charge in [-0.05, 0) is 20.2 Å². The van der Waals surface area contributed by atoms with Crippen LogP contribution in [0, 0.1) is 0 Å². The van der Waals surface area contributed by atoms with Crippen LogP contribution in [0.5, 0.6) is 0 Å². The van der Waals surface area contributed by atoms with Gasteiger partial charge in [-0.25, -0.2) is 0 Å². The highest BCUT2D eigenvalue weighted by atomic mass is 16.1. The van der Waals surface area contributed by atoms with E-state index in [0.29, 0.717) is 23.8 Å². The molecule has 1 fully saturated rings. The topological polar surface area (TPSA) is 74.5 Å². The molecule has 0 aliphatic carbocycles. The van der Waals surface area contributed by atoms with Gasteiger partial charge in [0.2, 0.25) is 0 Å². The minimum absolute atomic E-state index is 0.160. The number of pyridine rings is 1. The van der Waals surface area contributed by atoms with Gasteiger partial charge in [0.1, 0.15) is 0 Å². The molecule has 1 amide bonds. The van der Waals surface area contributed by atoms with Crippen LogP contribution in [0.3, 0.4) is 0 Å². The van der Waals surface area contributed by atoms with E-state index in [-0.39, 0.29) is 5.91 Å². The minimum atomic E-state index is -0.160. The summed E-state index contributed by atoms with van der Waals surface area (Å²) in [5.41, 5.74) is 6.66. The van der Waals surface area contributed by atoms with Gasteiger partial charge in [0.25, 0.3) is 5.91 Å². The van der Waals surface area contributed by atoms with Crippen LogP contribution >= 0.6 is 0 Å². The second-order valence-electron chi connectivity index (χ2n) is 5.07. The molecule has 6 nitrogen and oxygen atoms in total. The normalized spacial score (nSPS) is 21.3. The minimum Gasteiger partial charge on any atom is -0.398 e. The molecule has 3 N–H and O–H groups in total. The number of likely N-dealkylation sites (N-methyl/N-ethyl adjacent to an activating group) is 2. The Labute approximate surface area is 113 Å². The van der Waals surface area contributed by atoms with Crippen molar-refractivity contribution in [1.29, 1.82) is 0 Å². The van der Waals surface area contributed by atoms with Gasteiger partial charge in [-0.15, -0.1) is 0 Å². The zero-order valence-electron chi connectivity index (χ0n) is 11.5. The van der Waals surface area contributed by atoms with E-state index in [1.165, 1.54) is 6.20 Å². The molecule has 0 radical (unpaired) electrons. The molecule has 2 rings (SSSR count). The quantitative estimate of drug-likeness (QED) is 0.779. The zero-order valence-corrected chi connectivity index (χ0v) is 11.5.